The first-order valence-electron chi connectivity index (χ1n) is 6.11. The molecule has 0 spiro atoms. The molecule has 19 heavy (non-hydrogen) atoms. The molecule has 0 bridgehead atoms. The normalized spacial score (nSPS) is 10.0. The van der Waals surface area contributed by atoms with E-state index in [4.69, 9.17) is 9.47 Å². The Morgan fingerprint density at radius 1 is 1.26 bits per heavy atom. The fourth-order valence-electron chi connectivity index (χ4n) is 1.45. The molecular weight excluding hydrogens is 264 g/mol. The third kappa shape index (κ3) is 5.79. The van der Waals surface area contributed by atoms with Crippen LogP contribution in [0.5, 0.6) is 5.75 Å². The van der Waals surface area contributed by atoms with E-state index < -0.39 is 0 Å². The molecule has 0 heterocycles. The second-order valence-corrected chi connectivity index (χ2v) is 4.86. The number of benzene rings is 1. The molecule has 4 nitrogen and oxygen atoms in total. The van der Waals surface area contributed by atoms with E-state index in [1.807, 2.05) is 6.07 Å². The lowest BCUT2D eigenvalue weighted by Gasteiger charge is -2.09. The van der Waals surface area contributed by atoms with E-state index >= 15 is 0 Å². The summed E-state index contributed by atoms with van der Waals surface area (Å²) in [5.41, 5.74) is 0.581. The largest absolute Gasteiger partial charge is 0.492 e. The highest BCUT2D eigenvalue weighted by atomic mass is 32.2. The van der Waals surface area contributed by atoms with Gasteiger partial charge in [-0.15, -0.1) is 11.8 Å². The van der Waals surface area contributed by atoms with Crippen LogP contribution in [0.3, 0.4) is 0 Å². The van der Waals surface area contributed by atoms with Gasteiger partial charge in [0.15, 0.2) is 5.78 Å². The molecule has 1 aromatic rings. The summed E-state index contributed by atoms with van der Waals surface area (Å²) < 4.78 is 10.4. The van der Waals surface area contributed by atoms with E-state index in [0.29, 0.717) is 36.0 Å². The van der Waals surface area contributed by atoms with Crippen molar-refractivity contribution in [2.75, 3.05) is 24.7 Å². The maximum Gasteiger partial charge on any atom is 0.315 e. The van der Waals surface area contributed by atoms with Gasteiger partial charge in [-0.3, -0.25) is 9.59 Å². The Kier molecular flexibility index (Phi) is 7.03. The molecule has 0 aliphatic rings. The van der Waals surface area contributed by atoms with Gasteiger partial charge in [-0.25, -0.2) is 0 Å². The smallest absolute Gasteiger partial charge is 0.315 e. The number of ether oxygens (including phenoxy) is 2. The van der Waals surface area contributed by atoms with Crippen LogP contribution in [0.2, 0.25) is 0 Å². The second-order valence-electron chi connectivity index (χ2n) is 3.76. The molecule has 0 aromatic heterocycles. The van der Waals surface area contributed by atoms with Crippen LogP contribution in [-0.2, 0) is 9.53 Å². The minimum absolute atomic E-state index is 0.0187. The molecule has 0 atom stereocenters. The van der Waals surface area contributed by atoms with Crippen LogP contribution in [0, 0.1) is 0 Å². The van der Waals surface area contributed by atoms with Crippen molar-refractivity contribution >= 4 is 23.5 Å². The van der Waals surface area contributed by atoms with Gasteiger partial charge in [-0.1, -0.05) is 12.1 Å². The van der Waals surface area contributed by atoms with Gasteiger partial charge in [0.1, 0.15) is 5.75 Å². The predicted molar refractivity (Wildman–Crippen MR) is 75.9 cm³/mol. The molecule has 0 amide bonds. The first kappa shape index (κ1) is 15.6. The Balaban J connectivity index is 2.30. The summed E-state index contributed by atoms with van der Waals surface area (Å²) in [6.07, 6.45) is 0. The summed E-state index contributed by atoms with van der Waals surface area (Å²) in [5, 5.41) is 0. The van der Waals surface area contributed by atoms with Crippen LogP contribution in [-0.4, -0.2) is 36.5 Å². The first-order chi connectivity index (χ1) is 9.15. The second kappa shape index (κ2) is 8.58. The average molecular weight is 282 g/mol. The Labute approximate surface area is 117 Å². The van der Waals surface area contributed by atoms with Crippen molar-refractivity contribution in [2.45, 2.75) is 13.8 Å². The maximum absolute atomic E-state index is 11.4. The molecule has 104 valence electrons. The van der Waals surface area contributed by atoms with E-state index in [2.05, 4.69) is 0 Å². The van der Waals surface area contributed by atoms with Gasteiger partial charge in [0, 0.05) is 5.75 Å². The molecule has 0 saturated heterocycles. The third-order valence-electron chi connectivity index (χ3n) is 2.28. The summed E-state index contributed by atoms with van der Waals surface area (Å²) in [4.78, 5) is 22.5. The zero-order valence-corrected chi connectivity index (χ0v) is 12.0. The highest BCUT2D eigenvalue weighted by molar-refractivity contribution is 7.99. The standard InChI is InChI=1S/C14H18O4S/c1-3-17-14(16)10-19-9-8-18-13-7-5-4-6-12(13)11(2)15/h4-7H,3,8-10H2,1-2H3. The van der Waals surface area contributed by atoms with Crippen LogP contribution < -0.4 is 4.74 Å². The van der Waals surface area contributed by atoms with Crippen LogP contribution in [0.15, 0.2) is 24.3 Å². The fraction of sp³-hybridized carbons (Fsp3) is 0.429. The van der Waals surface area contributed by atoms with Crippen molar-refractivity contribution in [1.29, 1.82) is 0 Å². The van der Waals surface area contributed by atoms with E-state index in [1.54, 1.807) is 25.1 Å². The minimum atomic E-state index is -0.211. The summed E-state index contributed by atoms with van der Waals surface area (Å²) in [7, 11) is 0. The molecule has 5 heteroatoms. The number of thioether (sulfide) groups is 1. The van der Waals surface area contributed by atoms with Gasteiger partial charge < -0.3 is 9.47 Å². The lowest BCUT2D eigenvalue weighted by atomic mass is 10.1. The number of hydrogen-bond donors (Lipinski definition) is 0. The van der Waals surface area contributed by atoms with Crippen molar-refractivity contribution in [3.8, 4) is 5.75 Å². The number of hydrogen-bond acceptors (Lipinski definition) is 5. The van der Waals surface area contributed by atoms with Gasteiger partial charge in [0.25, 0.3) is 0 Å². The molecule has 0 N–H and O–H groups in total. The van der Waals surface area contributed by atoms with Crippen molar-refractivity contribution in [1.82, 2.24) is 0 Å². The Morgan fingerprint density at radius 3 is 2.68 bits per heavy atom. The zero-order chi connectivity index (χ0) is 14.1. The van der Waals surface area contributed by atoms with Gasteiger partial charge in [-0.05, 0) is 26.0 Å². The number of ketones is 1. The number of esters is 1. The Hall–Kier alpha value is -1.49. The highest BCUT2D eigenvalue weighted by Crippen LogP contribution is 2.18. The molecule has 0 aliphatic carbocycles. The van der Waals surface area contributed by atoms with E-state index in [9.17, 15) is 9.59 Å². The minimum Gasteiger partial charge on any atom is -0.492 e. The van der Waals surface area contributed by atoms with Crippen molar-refractivity contribution < 1.29 is 19.1 Å². The summed E-state index contributed by atoms with van der Waals surface area (Å²) >= 11 is 1.45. The van der Waals surface area contributed by atoms with Gasteiger partial charge in [-0.2, -0.15) is 0 Å². The molecule has 0 fully saturated rings. The number of rotatable bonds is 8. The highest BCUT2D eigenvalue weighted by Gasteiger charge is 2.07. The summed E-state index contributed by atoms with van der Waals surface area (Å²) in [6.45, 7) is 4.15. The average Bonchev–Trinajstić information content (AvgIpc) is 2.39. The van der Waals surface area contributed by atoms with Crippen LogP contribution >= 0.6 is 11.8 Å². The van der Waals surface area contributed by atoms with Gasteiger partial charge >= 0.3 is 5.97 Å². The Morgan fingerprint density at radius 2 is 2.00 bits per heavy atom. The van der Waals surface area contributed by atoms with Gasteiger partial charge in [0.2, 0.25) is 0 Å². The zero-order valence-electron chi connectivity index (χ0n) is 11.2. The molecular formula is C14H18O4S. The number of para-hydroxylation sites is 1. The number of Topliss-reactive ketones (excluding diaryl/α,β-unsaturated/α-hetero) is 1. The fourth-order valence-corrected chi connectivity index (χ4v) is 2.05. The topological polar surface area (TPSA) is 52.6 Å². The lowest BCUT2D eigenvalue weighted by molar-refractivity contribution is -0.139. The monoisotopic (exact) mass is 282 g/mol. The van der Waals surface area contributed by atoms with E-state index in [1.165, 1.54) is 18.7 Å². The third-order valence-corrected chi connectivity index (χ3v) is 3.17. The first-order valence-corrected chi connectivity index (χ1v) is 7.26. The number of carbonyl (C=O) groups excluding carboxylic acids is 2. The lowest BCUT2D eigenvalue weighted by Crippen LogP contribution is -2.09. The maximum atomic E-state index is 11.4. The molecule has 1 rings (SSSR count). The number of carbonyl (C=O) groups is 2. The van der Waals surface area contributed by atoms with Crippen LogP contribution in [0.4, 0.5) is 0 Å². The quantitative estimate of drug-likeness (QED) is 0.417. The van der Waals surface area contributed by atoms with Crippen molar-refractivity contribution in [3.05, 3.63) is 29.8 Å². The molecule has 0 unspecified atom stereocenters. The van der Waals surface area contributed by atoms with Crippen molar-refractivity contribution in [3.63, 3.8) is 0 Å². The Bertz CT molecular complexity index is 431. The SMILES string of the molecule is CCOC(=O)CSCCOc1ccccc1C(C)=O. The van der Waals surface area contributed by atoms with Crippen LogP contribution in [0.1, 0.15) is 24.2 Å². The van der Waals surface area contributed by atoms with E-state index in [0.717, 1.165) is 0 Å². The van der Waals surface area contributed by atoms with E-state index in [-0.39, 0.29) is 11.8 Å². The summed E-state index contributed by atoms with van der Waals surface area (Å²) in [5.74, 6) is 1.36. The van der Waals surface area contributed by atoms with Gasteiger partial charge in [0.05, 0.1) is 24.5 Å². The van der Waals surface area contributed by atoms with Crippen LogP contribution in [0.25, 0.3) is 0 Å². The molecule has 0 saturated carbocycles. The molecule has 1 aromatic carbocycles. The molecule has 0 aliphatic heterocycles. The molecule has 0 radical (unpaired) electrons. The predicted octanol–water partition coefficient (Wildman–Crippen LogP) is 2.56. The van der Waals surface area contributed by atoms with Crippen molar-refractivity contribution in [2.24, 2.45) is 0 Å². The summed E-state index contributed by atoms with van der Waals surface area (Å²) in [6, 6.07) is 7.14.